The van der Waals surface area contributed by atoms with Gasteiger partial charge in [0, 0.05) is 11.6 Å². The van der Waals surface area contributed by atoms with Crippen molar-refractivity contribution in [2.45, 2.75) is 6.92 Å². The number of benzene rings is 2. The van der Waals surface area contributed by atoms with Crippen molar-refractivity contribution in [3.63, 3.8) is 0 Å². The first-order valence-corrected chi connectivity index (χ1v) is 8.11. The smallest absolute Gasteiger partial charge is 0.361 e. The topological polar surface area (TPSA) is 105 Å². The molecule has 0 radical (unpaired) electrons. The van der Waals surface area contributed by atoms with E-state index in [9.17, 15) is 14.9 Å². The van der Waals surface area contributed by atoms with Crippen LogP contribution in [0.25, 0.3) is 22.8 Å². The predicted molar refractivity (Wildman–Crippen MR) is 96.5 cm³/mol. The Hall–Kier alpha value is -3.68. The van der Waals surface area contributed by atoms with Crippen LogP contribution in [0, 0.1) is 10.1 Å². The molecule has 0 spiro atoms. The van der Waals surface area contributed by atoms with Crippen molar-refractivity contribution in [1.82, 2.24) is 4.98 Å². The number of ether oxygens (including phenoxy) is 2. The lowest BCUT2D eigenvalue weighted by molar-refractivity contribution is -0.384. The molecule has 0 N–H and O–H groups in total. The van der Waals surface area contributed by atoms with Crippen LogP contribution in [-0.4, -0.2) is 29.6 Å². The summed E-state index contributed by atoms with van der Waals surface area (Å²) < 4.78 is 15.9. The molecule has 1 heterocycles. The molecule has 27 heavy (non-hydrogen) atoms. The minimum Gasteiger partial charge on any atom is -0.497 e. The number of rotatable bonds is 6. The highest BCUT2D eigenvalue weighted by molar-refractivity contribution is 5.95. The van der Waals surface area contributed by atoms with E-state index < -0.39 is 10.9 Å². The number of hydrogen-bond acceptors (Lipinski definition) is 7. The molecule has 0 bridgehead atoms. The number of carbonyl (C=O) groups excluding carboxylic acids is 1. The third-order valence-electron chi connectivity index (χ3n) is 3.78. The van der Waals surface area contributed by atoms with Gasteiger partial charge >= 0.3 is 5.97 Å². The molecule has 8 nitrogen and oxygen atoms in total. The highest BCUT2D eigenvalue weighted by Gasteiger charge is 2.28. The summed E-state index contributed by atoms with van der Waals surface area (Å²) in [6.45, 7) is 1.80. The monoisotopic (exact) mass is 368 g/mol. The summed E-state index contributed by atoms with van der Waals surface area (Å²) in [6.07, 6.45) is 0. The maximum Gasteiger partial charge on any atom is 0.361 e. The number of nitrogens with zero attached hydrogens (tertiary/aromatic N) is 2. The lowest BCUT2D eigenvalue weighted by Gasteiger charge is -2.02. The van der Waals surface area contributed by atoms with Crippen LogP contribution in [0.3, 0.4) is 0 Å². The first kappa shape index (κ1) is 18.1. The van der Waals surface area contributed by atoms with Crippen molar-refractivity contribution >= 4 is 11.7 Å². The molecule has 2 aromatic carbocycles. The first-order valence-electron chi connectivity index (χ1n) is 8.11. The molecule has 0 saturated heterocycles. The van der Waals surface area contributed by atoms with Crippen molar-refractivity contribution in [2.75, 3.05) is 13.7 Å². The van der Waals surface area contributed by atoms with E-state index in [0.717, 1.165) is 0 Å². The molecule has 0 aliphatic heterocycles. The van der Waals surface area contributed by atoms with Crippen LogP contribution in [0.4, 0.5) is 5.69 Å². The van der Waals surface area contributed by atoms with Crippen molar-refractivity contribution in [3.05, 3.63) is 64.3 Å². The Kier molecular flexibility index (Phi) is 5.16. The van der Waals surface area contributed by atoms with Gasteiger partial charge in [0.2, 0.25) is 5.89 Å². The van der Waals surface area contributed by atoms with Gasteiger partial charge in [-0.3, -0.25) is 10.1 Å². The molecule has 0 aliphatic carbocycles. The number of carbonyl (C=O) groups is 1. The fourth-order valence-corrected chi connectivity index (χ4v) is 2.52. The predicted octanol–water partition coefficient (Wildman–Crippen LogP) is 4.10. The molecular weight excluding hydrogens is 352 g/mol. The number of hydrogen-bond donors (Lipinski definition) is 0. The third-order valence-corrected chi connectivity index (χ3v) is 3.78. The maximum absolute atomic E-state index is 12.3. The lowest BCUT2D eigenvalue weighted by atomic mass is 10.1. The van der Waals surface area contributed by atoms with Gasteiger partial charge in [0.05, 0.1) is 24.2 Å². The number of oxazole rings is 1. The van der Waals surface area contributed by atoms with Crippen LogP contribution in [-0.2, 0) is 4.74 Å². The van der Waals surface area contributed by atoms with E-state index in [0.29, 0.717) is 11.3 Å². The normalized spacial score (nSPS) is 10.4. The number of nitro benzene ring substituents is 1. The molecule has 3 rings (SSSR count). The molecule has 0 aliphatic rings. The minimum atomic E-state index is -0.714. The lowest BCUT2D eigenvalue weighted by Crippen LogP contribution is -2.07. The van der Waals surface area contributed by atoms with E-state index in [-0.39, 0.29) is 35.2 Å². The Labute approximate surface area is 154 Å². The van der Waals surface area contributed by atoms with E-state index >= 15 is 0 Å². The second kappa shape index (κ2) is 7.69. The van der Waals surface area contributed by atoms with Gasteiger partial charge in [-0.25, -0.2) is 9.78 Å². The summed E-state index contributed by atoms with van der Waals surface area (Å²) in [5, 5.41) is 11.4. The van der Waals surface area contributed by atoms with E-state index in [1.807, 2.05) is 0 Å². The molecular formula is C19H16N2O6. The van der Waals surface area contributed by atoms with Crippen molar-refractivity contribution in [1.29, 1.82) is 0 Å². The van der Waals surface area contributed by atoms with E-state index in [4.69, 9.17) is 13.9 Å². The van der Waals surface area contributed by atoms with Gasteiger partial charge in [0.1, 0.15) is 5.75 Å². The van der Waals surface area contributed by atoms with Crippen LogP contribution >= 0.6 is 0 Å². The number of aromatic nitrogens is 1. The fourth-order valence-electron chi connectivity index (χ4n) is 2.52. The zero-order valence-electron chi connectivity index (χ0n) is 14.7. The molecule has 138 valence electrons. The van der Waals surface area contributed by atoms with Gasteiger partial charge < -0.3 is 13.9 Å². The van der Waals surface area contributed by atoms with Crippen LogP contribution in [0.1, 0.15) is 17.4 Å². The van der Waals surface area contributed by atoms with Gasteiger partial charge in [-0.1, -0.05) is 12.1 Å². The second-order valence-electron chi connectivity index (χ2n) is 5.42. The second-order valence-corrected chi connectivity index (χ2v) is 5.42. The first-order chi connectivity index (χ1) is 13.0. The molecule has 0 saturated carbocycles. The number of methoxy groups -OCH3 is 1. The third kappa shape index (κ3) is 3.64. The summed E-state index contributed by atoms with van der Waals surface area (Å²) in [6, 6.07) is 12.8. The summed E-state index contributed by atoms with van der Waals surface area (Å²) >= 11 is 0. The summed E-state index contributed by atoms with van der Waals surface area (Å²) in [5.74, 6) is 0.0735. The van der Waals surface area contributed by atoms with E-state index in [1.54, 1.807) is 44.4 Å². The molecule has 3 aromatic rings. The molecule has 1 aromatic heterocycles. The maximum atomic E-state index is 12.3. The molecule has 0 unspecified atom stereocenters. The largest absolute Gasteiger partial charge is 0.497 e. The van der Waals surface area contributed by atoms with Crippen LogP contribution in [0.5, 0.6) is 5.75 Å². The average Bonchev–Trinajstić information content (AvgIpc) is 3.13. The molecule has 0 amide bonds. The van der Waals surface area contributed by atoms with Crippen molar-refractivity contribution in [2.24, 2.45) is 0 Å². The Morgan fingerprint density at radius 3 is 2.52 bits per heavy atom. The quantitative estimate of drug-likeness (QED) is 0.366. The van der Waals surface area contributed by atoms with Crippen LogP contribution < -0.4 is 4.74 Å². The van der Waals surface area contributed by atoms with Gasteiger partial charge in [-0.2, -0.15) is 0 Å². The van der Waals surface area contributed by atoms with Gasteiger partial charge in [-0.05, 0) is 37.3 Å². The number of nitro groups is 1. The van der Waals surface area contributed by atoms with Crippen LogP contribution in [0.2, 0.25) is 0 Å². The zero-order chi connectivity index (χ0) is 19.4. The Bertz CT molecular complexity index is 978. The Morgan fingerprint density at radius 1 is 1.19 bits per heavy atom. The van der Waals surface area contributed by atoms with Gasteiger partial charge in [0.25, 0.3) is 5.69 Å². The number of esters is 1. The highest BCUT2D eigenvalue weighted by Crippen LogP contribution is 2.35. The Morgan fingerprint density at radius 2 is 1.89 bits per heavy atom. The molecule has 8 heteroatoms. The standard InChI is InChI=1S/C19H16N2O6/c1-3-26-19(22)16-17(14-6-4-5-7-15(14)21(23)24)27-18(20-16)12-8-10-13(25-2)11-9-12/h4-11H,3H2,1-2H3. The van der Waals surface area contributed by atoms with Crippen molar-refractivity contribution in [3.8, 4) is 28.5 Å². The molecule has 0 atom stereocenters. The Balaban J connectivity index is 2.16. The van der Waals surface area contributed by atoms with Gasteiger partial charge in [-0.15, -0.1) is 0 Å². The summed E-state index contributed by atoms with van der Waals surface area (Å²) in [5.41, 5.74) is 0.432. The minimum absolute atomic E-state index is 0.00781. The van der Waals surface area contributed by atoms with E-state index in [1.165, 1.54) is 18.2 Å². The summed E-state index contributed by atoms with van der Waals surface area (Å²) in [4.78, 5) is 27.4. The highest BCUT2D eigenvalue weighted by atomic mass is 16.6. The summed E-state index contributed by atoms with van der Waals surface area (Å²) in [7, 11) is 1.55. The SMILES string of the molecule is CCOC(=O)c1nc(-c2ccc(OC)cc2)oc1-c1ccccc1[N+](=O)[O-]. The zero-order valence-corrected chi connectivity index (χ0v) is 14.7. The van der Waals surface area contributed by atoms with Crippen molar-refractivity contribution < 1.29 is 23.6 Å². The average molecular weight is 368 g/mol. The van der Waals surface area contributed by atoms with Crippen LogP contribution in [0.15, 0.2) is 52.9 Å². The fraction of sp³-hybridized carbons (Fsp3) is 0.158. The van der Waals surface area contributed by atoms with E-state index in [2.05, 4.69) is 4.98 Å². The van der Waals surface area contributed by atoms with Gasteiger partial charge in [0.15, 0.2) is 11.5 Å². The number of para-hydroxylation sites is 1. The molecule has 0 fully saturated rings.